The van der Waals surface area contributed by atoms with Gasteiger partial charge in [0.25, 0.3) is 0 Å². The van der Waals surface area contributed by atoms with Crippen LogP contribution in [-0.2, 0) is 11.2 Å². The molecule has 3 heteroatoms. The predicted octanol–water partition coefficient (Wildman–Crippen LogP) is 1.67. The molecule has 3 rings (SSSR count). The minimum atomic E-state index is 0.211. The van der Waals surface area contributed by atoms with Gasteiger partial charge in [-0.3, -0.25) is 4.79 Å². The van der Waals surface area contributed by atoms with Gasteiger partial charge in [-0.05, 0) is 24.5 Å². The Bertz CT molecular complexity index is 444. The van der Waals surface area contributed by atoms with Crippen molar-refractivity contribution in [3.8, 4) is 0 Å². The third kappa shape index (κ3) is 1.79. The van der Waals surface area contributed by atoms with Gasteiger partial charge >= 0.3 is 0 Å². The van der Waals surface area contributed by atoms with Gasteiger partial charge < -0.3 is 9.80 Å². The standard InChI is InChI=1S/C14H18N2O/c1-11(17)15-7-4-8-16-13(10-15)9-12-5-2-3-6-14(12)16/h2-3,5-6,13H,4,7-10H2,1H3. The van der Waals surface area contributed by atoms with Gasteiger partial charge in [-0.1, -0.05) is 18.2 Å². The maximum atomic E-state index is 11.5. The number of rotatable bonds is 0. The largest absolute Gasteiger partial charge is 0.366 e. The molecule has 0 aliphatic carbocycles. The Morgan fingerprint density at radius 2 is 2.12 bits per heavy atom. The van der Waals surface area contributed by atoms with Crippen molar-refractivity contribution in [2.45, 2.75) is 25.8 Å². The van der Waals surface area contributed by atoms with Gasteiger partial charge in [0.2, 0.25) is 5.91 Å². The lowest BCUT2D eigenvalue weighted by atomic mass is 10.1. The zero-order valence-electron chi connectivity index (χ0n) is 10.2. The molecule has 2 aliphatic heterocycles. The van der Waals surface area contributed by atoms with Crippen molar-refractivity contribution in [1.82, 2.24) is 4.90 Å². The SMILES string of the molecule is CC(=O)N1CCCN2c3ccccc3CC2C1. The summed E-state index contributed by atoms with van der Waals surface area (Å²) in [7, 11) is 0. The van der Waals surface area contributed by atoms with Crippen LogP contribution in [0.2, 0.25) is 0 Å². The lowest BCUT2D eigenvalue weighted by Crippen LogP contribution is -2.40. The lowest BCUT2D eigenvalue weighted by Gasteiger charge is -2.26. The number of fused-ring (bicyclic) bond motifs is 3. The average molecular weight is 230 g/mol. The zero-order valence-corrected chi connectivity index (χ0v) is 10.2. The van der Waals surface area contributed by atoms with Crippen LogP contribution in [0, 0.1) is 0 Å². The zero-order chi connectivity index (χ0) is 11.8. The smallest absolute Gasteiger partial charge is 0.219 e. The molecule has 17 heavy (non-hydrogen) atoms. The second-order valence-corrected chi connectivity index (χ2v) is 5.00. The van der Waals surface area contributed by atoms with Crippen LogP contribution in [0.1, 0.15) is 18.9 Å². The van der Waals surface area contributed by atoms with Crippen LogP contribution >= 0.6 is 0 Å². The number of hydrogen-bond donors (Lipinski definition) is 0. The average Bonchev–Trinajstić information content (AvgIpc) is 2.53. The second-order valence-electron chi connectivity index (χ2n) is 5.00. The highest BCUT2D eigenvalue weighted by molar-refractivity contribution is 5.73. The van der Waals surface area contributed by atoms with E-state index >= 15 is 0 Å². The Morgan fingerprint density at radius 3 is 2.94 bits per heavy atom. The highest BCUT2D eigenvalue weighted by atomic mass is 16.2. The van der Waals surface area contributed by atoms with Crippen LogP contribution < -0.4 is 4.90 Å². The molecule has 0 spiro atoms. The molecular weight excluding hydrogens is 212 g/mol. The Kier molecular flexibility index (Phi) is 2.54. The summed E-state index contributed by atoms with van der Waals surface area (Å²) < 4.78 is 0. The highest BCUT2D eigenvalue weighted by Crippen LogP contribution is 2.33. The topological polar surface area (TPSA) is 23.6 Å². The molecule has 0 radical (unpaired) electrons. The first-order chi connectivity index (χ1) is 8.25. The van der Waals surface area contributed by atoms with Crippen LogP contribution in [0.15, 0.2) is 24.3 Å². The normalized spacial score (nSPS) is 23.0. The third-order valence-electron chi connectivity index (χ3n) is 3.90. The minimum absolute atomic E-state index is 0.211. The van der Waals surface area contributed by atoms with Gasteiger partial charge in [-0.15, -0.1) is 0 Å². The maximum Gasteiger partial charge on any atom is 0.219 e. The van der Waals surface area contributed by atoms with Gasteiger partial charge in [-0.25, -0.2) is 0 Å². The molecule has 0 saturated carbocycles. The molecule has 1 fully saturated rings. The van der Waals surface area contributed by atoms with Gasteiger partial charge in [0, 0.05) is 32.2 Å². The van der Waals surface area contributed by atoms with E-state index in [0.717, 1.165) is 32.5 Å². The monoisotopic (exact) mass is 230 g/mol. The summed E-state index contributed by atoms with van der Waals surface area (Å²) in [6.07, 6.45) is 2.16. The quantitative estimate of drug-likeness (QED) is 0.677. The number of carbonyl (C=O) groups is 1. The summed E-state index contributed by atoms with van der Waals surface area (Å²) in [5.74, 6) is 0.211. The van der Waals surface area contributed by atoms with Gasteiger partial charge in [0.05, 0.1) is 6.04 Å². The van der Waals surface area contributed by atoms with E-state index in [1.54, 1.807) is 6.92 Å². The van der Waals surface area contributed by atoms with Gasteiger partial charge in [0.1, 0.15) is 0 Å². The molecule has 3 nitrogen and oxygen atoms in total. The van der Waals surface area contributed by atoms with E-state index in [9.17, 15) is 4.79 Å². The summed E-state index contributed by atoms with van der Waals surface area (Å²) in [6.45, 7) is 4.54. The summed E-state index contributed by atoms with van der Waals surface area (Å²) in [5, 5.41) is 0. The Labute approximate surface area is 102 Å². The molecule has 1 amide bonds. The molecule has 1 saturated heterocycles. The first-order valence-electron chi connectivity index (χ1n) is 6.36. The molecular formula is C14H18N2O. The molecule has 0 N–H and O–H groups in total. The molecule has 0 bridgehead atoms. The minimum Gasteiger partial charge on any atom is -0.366 e. The highest BCUT2D eigenvalue weighted by Gasteiger charge is 2.32. The van der Waals surface area contributed by atoms with Crippen LogP contribution in [0.5, 0.6) is 0 Å². The molecule has 1 unspecified atom stereocenters. The van der Waals surface area contributed by atoms with Crippen LogP contribution in [0.4, 0.5) is 5.69 Å². The van der Waals surface area contributed by atoms with Crippen molar-refractivity contribution in [3.05, 3.63) is 29.8 Å². The Balaban J connectivity index is 1.87. The predicted molar refractivity (Wildman–Crippen MR) is 68.2 cm³/mol. The van der Waals surface area contributed by atoms with Crippen LogP contribution in [0.25, 0.3) is 0 Å². The van der Waals surface area contributed by atoms with E-state index in [1.165, 1.54) is 11.3 Å². The van der Waals surface area contributed by atoms with E-state index in [1.807, 2.05) is 4.90 Å². The number of para-hydroxylation sites is 1. The first-order valence-corrected chi connectivity index (χ1v) is 6.36. The number of amides is 1. The van der Waals surface area contributed by atoms with E-state index in [0.29, 0.717) is 6.04 Å². The van der Waals surface area contributed by atoms with Gasteiger partial charge in [-0.2, -0.15) is 0 Å². The third-order valence-corrected chi connectivity index (χ3v) is 3.90. The number of benzene rings is 1. The van der Waals surface area contributed by atoms with Crippen LogP contribution in [0.3, 0.4) is 0 Å². The first kappa shape index (κ1) is 10.6. The number of hydrogen-bond acceptors (Lipinski definition) is 2. The summed E-state index contributed by atoms with van der Waals surface area (Å²) >= 11 is 0. The van der Waals surface area contributed by atoms with E-state index in [4.69, 9.17) is 0 Å². The van der Waals surface area contributed by atoms with Crippen molar-refractivity contribution < 1.29 is 4.79 Å². The number of anilines is 1. The van der Waals surface area contributed by atoms with Crippen molar-refractivity contribution in [1.29, 1.82) is 0 Å². The van der Waals surface area contributed by atoms with Crippen molar-refractivity contribution in [2.24, 2.45) is 0 Å². The van der Waals surface area contributed by atoms with E-state index in [-0.39, 0.29) is 5.91 Å². The fraction of sp³-hybridized carbons (Fsp3) is 0.500. The molecule has 2 heterocycles. The molecule has 0 aromatic heterocycles. The van der Waals surface area contributed by atoms with E-state index in [2.05, 4.69) is 29.2 Å². The van der Waals surface area contributed by atoms with Gasteiger partial charge in [0.15, 0.2) is 0 Å². The second kappa shape index (κ2) is 4.06. The molecule has 90 valence electrons. The van der Waals surface area contributed by atoms with Crippen molar-refractivity contribution >= 4 is 11.6 Å². The Hall–Kier alpha value is -1.51. The molecule has 1 atom stereocenters. The van der Waals surface area contributed by atoms with E-state index < -0.39 is 0 Å². The lowest BCUT2D eigenvalue weighted by molar-refractivity contribution is -0.128. The molecule has 2 aliphatic rings. The van der Waals surface area contributed by atoms with Crippen molar-refractivity contribution in [3.63, 3.8) is 0 Å². The fourth-order valence-corrected chi connectivity index (χ4v) is 3.05. The Morgan fingerprint density at radius 1 is 1.29 bits per heavy atom. The summed E-state index contributed by atoms with van der Waals surface area (Å²) in [4.78, 5) is 16.0. The molecule has 1 aromatic carbocycles. The van der Waals surface area contributed by atoms with Crippen molar-refractivity contribution in [2.75, 3.05) is 24.5 Å². The number of carbonyl (C=O) groups excluding carboxylic acids is 1. The van der Waals surface area contributed by atoms with Crippen LogP contribution in [-0.4, -0.2) is 36.5 Å². The fourth-order valence-electron chi connectivity index (χ4n) is 3.05. The maximum absolute atomic E-state index is 11.5. The molecule has 1 aromatic rings. The summed E-state index contributed by atoms with van der Waals surface area (Å²) in [6, 6.07) is 9.11. The summed E-state index contributed by atoms with van der Waals surface area (Å²) in [5.41, 5.74) is 2.81. The number of nitrogens with zero attached hydrogens (tertiary/aromatic N) is 2.